The first-order valence-electron chi connectivity index (χ1n) is 7.43. The highest BCUT2D eigenvalue weighted by Gasteiger charge is 2.37. The molecule has 0 saturated carbocycles. The van der Waals surface area contributed by atoms with Crippen molar-refractivity contribution in [3.05, 3.63) is 16.3 Å². The van der Waals surface area contributed by atoms with Crippen molar-refractivity contribution in [2.75, 3.05) is 46.5 Å². The molecule has 1 aromatic rings. The number of carbonyl (C=O) groups is 1. The molecule has 116 valence electrons. The van der Waals surface area contributed by atoms with Crippen LogP contribution in [0, 0.1) is 5.92 Å². The maximum atomic E-state index is 12.7. The van der Waals surface area contributed by atoms with Crippen LogP contribution in [0.3, 0.4) is 0 Å². The standard InChI is InChI=1S/C15H22N2O3S/c1-11-9-17(10-12(11)16-4-6-20-7-5-16)15(18)14-13(19-2)3-8-21-14/h3,8,11-12H,4-7,9-10H2,1-2H3/t11-,12+/m1/s1. The molecule has 0 aliphatic carbocycles. The molecular formula is C15H22N2O3S. The average molecular weight is 310 g/mol. The molecule has 0 spiro atoms. The summed E-state index contributed by atoms with van der Waals surface area (Å²) < 4.78 is 10.7. The minimum atomic E-state index is 0.101. The molecule has 0 aromatic carbocycles. The summed E-state index contributed by atoms with van der Waals surface area (Å²) >= 11 is 1.46. The van der Waals surface area contributed by atoms with Crippen LogP contribution in [0.5, 0.6) is 5.75 Å². The molecule has 1 aromatic heterocycles. The van der Waals surface area contributed by atoms with Gasteiger partial charge in [-0.05, 0) is 17.4 Å². The van der Waals surface area contributed by atoms with E-state index in [0.29, 0.717) is 22.6 Å². The number of rotatable bonds is 3. The zero-order valence-corrected chi connectivity index (χ0v) is 13.4. The Morgan fingerprint density at radius 1 is 1.38 bits per heavy atom. The number of thiophene rings is 1. The van der Waals surface area contributed by atoms with E-state index in [1.807, 2.05) is 16.3 Å². The fourth-order valence-electron chi connectivity index (χ4n) is 3.26. The van der Waals surface area contributed by atoms with E-state index in [0.717, 1.165) is 39.4 Å². The van der Waals surface area contributed by atoms with Crippen LogP contribution in [0.2, 0.25) is 0 Å². The molecule has 3 heterocycles. The van der Waals surface area contributed by atoms with Crippen LogP contribution in [-0.4, -0.2) is 68.3 Å². The summed E-state index contributed by atoms with van der Waals surface area (Å²) in [6.07, 6.45) is 0. The van der Waals surface area contributed by atoms with Gasteiger partial charge in [0.15, 0.2) is 0 Å². The van der Waals surface area contributed by atoms with E-state index >= 15 is 0 Å². The van der Waals surface area contributed by atoms with Gasteiger partial charge in [-0.15, -0.1) is 11.3 Å². The molecule has 2 atom stereocenters. The first-order valence-corrected chi connectivity index (χ1v) is 8.31. The minimum absolute atomic E-state index is 0.101. The predicted octanol–water partition coefficient (Wildman–Crippen LogP) is 1.55. The number of ether oxygens (including phenoxy) is 2. The monoisotopic (exact) mass is 310 g/mol. The van der Waals surface area contributed by atoms with Crippen molar-refractivity contribution >= 4 is 17.2 Å². The summed E-state index contributed by atoms with van der Waals surface area (Å²) in [5.41, 5.74) is 0. The fourth-order valence-corrected chi connectivity index (χ4v) is 4.08. The Hall–Kier alpha value is -1.11. The van der Waals surface area contributed by atoms with Crippen LogP contribution in [0.15, 0.2) is 11.4 Å². The molecule has 21 heavy (non-hydrogen) atoms. The van der Waals surface area contributed by atoms with Crippen molar-refractivity contribution in [3.8, 4) is 5.75 Å². The predicted molar refractivity (Wildman–Crippen MR) is 82.1 cm³/mol. The second-order valence-electron chi connectivity index (χ2n) is 5.72. The van der Waals surface area contributed by atoms with Crippen LogP contribution < -0.4 is 4.74 Å². The highest BCUT2D eigenvalue weighted by molar-refractivity contribution is 7.12. The number of likely N-dealkylation sites (tertiary alicyclic amines) is 1. The van der Waals surface area contributed by atoms with E-state index in [9.17, 15) is 4.79 Å². The molecule has 2 fully saturated rings. The summed E-state index contributed by atoms with van der Waals surface area (Å²) in [6.45, 7) is 7.41. The molecule has 0 unspecified atom stereocenters. The topological polar surface area (TPSA) is 42.0 Å². The maximum Gasteiger partial charge on any atom is 0.267 e. The van der Waals surface area contributed by atoms with Gasteiger partial charge in [0.25, 0.3) is 5.91 Å². The van der Waals surface area contributed by atoms with Gasteiger partial charge >= 0.3 is 0 Å². The molecule has 0 N–H and O–H groups in total. The first-order chi connectivity index (χ1) is 10.2. The SMILES string of the molecule is COc1ccsc1C(=O)N1C[C@@H](C)[C@@H](N2CCOCC2)C1. The molecule has 0 radical (unpaired) electrons. The van der Waals surface area contributed by atoms with E-state index in [1.165, 1.54) is 11.3 Å². The van der Waals surface area contributed by atoms with Crippen molar-refractivity contribution in [2.45, 2.75) is 13.0 Å². The lowest BCUT2D eigenvalue weighted by molar-refractivity contribution is 0.0119. The molecule has 3 rings (SSSR count). The molecule has 2 aliphatic rings. The van der Waals surface area contributed by atoms with Gasteiger partial charge in [0.1, 0.15) is 10.6 Å². The third kappa shape index (κ3) is 2.93. The summed E-state index contributed by atoms with van der Waals surface area (Å²) in [5.74, 6) is 1.29. The molecule has 6 heteroatoms. The van der Waals surface area contributed by atoms with E-state index in [2.05, 4.69) is 11.8 Å². The quantitative estimate of drug-likeness (QED) is 0.849. The van der Waals surface area contributed by atoms with Gasteiger partial charge in [0.05, 0.1) is 20.3 Å². The van der Waals surface area contributed by atoms with Crippen LogP contribution in [-0.2, 0) is 4.74 Å². The van der Waals surface area contributed by atoms with E-state index in [1.54, 1.807) is 7.11 Å². The maximum absolute atomic E-state index is 12.7. The summed E-state index contributed by atoms with van der Waals surface area (Å²) in [7, 11) is 1.61. The molecule has 5 nitrogen and oxygen atoms in total. The van der Waals surface area contributed by atoms with Crippen LogP contribution in [0.1, 0.15) is 16.6 Å². The van der Waals surface area contributed by atoms with Gasteiger partial charge in [0, 0.05) is 32.2 Å². The molecular weight excluding hydrogens is 288 g/mol. The highest BCUT2D eigenvalue weighted by Crippen LogP contribution is 2.29. The Morgan fingerprint density at radius 2 is 2.14 bits per heavy atom. The van der Waals surface area contributed by atoms with Crippen molar-refractivity contribution in [1.82, 2.24) is 9.80 Å². The van der Waals surface area contributed by atoms with Crippen molar-refractivity contribution in [1.29, 1.82) is 0 Å². The zero-order chi connectivity index (χ0) is 14.8. The second kappa shape index (κ2) is 6.34. The van der Waals surface area contributed by atoms with Crippen LogP contribution in [0.25, 0.3) is 0 Å². The number of hydrogen-bond acceptors (Lipinski definition) is 5. The van der Waals surface area contributed by atoms with Gasteiger partial charge < -0.3 is 14.4 Å². The smallest absolute Gasteiger partial charge is 0.267 e. The lowest BCUT2D eigenvalue weighted by Gasteiger charge is -2.33. The Balaban J connectivity index is 1.69. The van der Waals surface area contributed by atoms with E-state index in [-0.39, 0.29) is 5.91 Å². The first kappa shape index (κ1) is 14.8. The molecule has 2 aliphatic heterocycles. The Bertz CT molecular complexity index is 499. The summed E-state index contributed by atoms with van der Waals surface area (Å²) in [4.78, 5) is 17.8. The van der Waals surface area contributed by atoms with Gasteiger partial charge in [0.2, 0.25) is 0 Å². The van der Waals surface area contributed by atoms with Crippen LogP contribution in [0.4, 0.5) is 0 Å². The number of methoxy groups -OCH3 is 1. The van der Waals surface area contributed by atoms with Crippen molar-refractivity contribution < 1.29 is 14.3 Å². The largest absolute Gasteiger partial charge is 0.495 e. The molecule has 0 bridgehead atoms. The number of amides is 1. The minimum Gasteiger partial charge on any atom is -0.495 e. The van der Waals surface area contributed by atoms with Crippen LogP contribution >= 0.6 is 11.3 Å². The highest BCUT2D eigenvalue weighted by atomic mass is 32.1. The fraction of sp³-hybridized carbons (Fsp3) is 0.667. The number of morpholine rings is 1. The number of hydrogen-bond donors (Lipinski definition) is 0. The Morgan fingerprint density at radius 3 is 2.86 bits per heavy atom. The van der Waals surface area contributed by atoms with Gasteiger partial charge in [-0.2, -0.15) is 0 Å². The zero-order valence-electron chi connectivity index (χ0n) is 12.6. The second-order valence-corrected chi connectivity index (χ2v) is 6.64. The number of carbonyl (C=O) groups excluding carboxylic acids is 1. The summed E-state index contributed by atoms with van der Waals surface area (Å²) in [5, 5.41) is 1.91. The van der Waals surface area contributed by atoms with E-state index in [4.69, 9.17) is 9.47 Å². The van der Waals surface area contributed by atoms with Crippen molar-refractivity contribution in [3.63, 3.8) is 0 Å². The lowest BCUT2D eigenvalue weighted by Crippen LogP contribution is -2.47. The van der Waals surface area contributed by atoms with Gasteiger partial charge in [-0.25, -0.2) is 0 Å². The third-order valence-corrected chi connectivity index (χ3v) is 5.30. The van der Waals surface area contributed by atoms with Gasteiger partial charge in [-0.3, -0.25) is 9.69 Å². The normalized spacial score (nSPS) is 27.0. The average Bonchev–Trinajstić information content (AvgIpc) is 3.13. The lowest BCUT2D eigenvalue weighted by atomic mass is 10.0. The Labute approximate surface area is 129 Å². The van der Waals surface area contributed by atoms with Crippen molar-refractivity contribution in [2.24, 2.45) is 5.92 Å². The summed E-state index contributed by atoms with van der Waals surface area (Å²) in [6, 6.07) is 2.31. The third-order valence-electron chi connectivity index (χ3n) is 4.42. The molecule has 1 amide bonds. The number of nitrogens with zero attached hydrogens (tertiary/aromatic N) is 2. The van der Waals surface area contributed by atoms with Gasteiger partial charge in [-0.1, -0.05) is 6.92 Å². The Kier molecular flexibility index (Phi) is 4.47. The molecule has 2 saturated heterocycles. The van der Waals surface area contributed by atoms with E-state index < -0.39 is 0 Å².